The maximum atomic E-state index is 3.61. The molecule has 0 saturated carbocycles. The van der Waals surface area contributed by atoms with Crippen LogP contribution in [-0.2, 0) is 0 Å². The molecule has 1 aromatic rings. The minimum Gasteiger partial charge on any atom is -0.0888 e. The lowest BCUT2D eigenvalue weighted by Gasteiger charge is -2.14. The van der Waals surface area contributed by atoms with Gasteiger partial charge < -0.3 is 0 Å². The second kappa shape index (κ2) is 6.90. The van der Waals surface area contributed by atoms with Gasteiger partial charge >= 0.3 is 0 Å². The van der Waals surface area contributed by atoms with Crippen molar-refractivity contribution in [3.63, 3.8) is 0 Å². The normalized spacial score (nSPS) is 13.2. The van der Waals surface area contributed by atoms with Crippen molar-refractivity contribution in [2.24, 2.45) is 0 Å². The predicted octanol–water partition coefficient (Wildman–Crippen LogP) is 5.61. The Morgan fingerprint density at radius 2 is 2.00 bits per heavy atom. The molecule has 0 N–H and O–H groups in total. The van der Waals surface area contributed by atoms with E-state index in [9.17, 15) is 0 Å². The van der Waals surface area contributed by atoms with Crippen LogP contribution in [0.5, 0.6) is 0 Å². The number of aryl methyl sites for hydroxylation is 1. The van der Waals surface area contributed by atoms with Crippen LogP contribution < -0.4 is 0 Å². The van der Waals surface area contributed by atoms with Crippen LogP contribution in [0.3, 0.4) is 0 Å². The third kappa shape index (κ3) is 3.79. The van der Waals surface area contributed by atoms with Gasteiger partial charge in [0.1, 0.15) is 0 Å². The molecule has 0 heterocycles. The van der Waals surface area contributed by atoms with Gasteiger partial charge in [-0.2, -0.15) is 0 Å². The summed E-state index contributed by atoms with van der Waals surface area (Å²) in [6.45, 7) is 6.57. The number of rotatable bonds is 5. The highest BCUT2D eigenvalue weighted by atomic mass is 79.9. The third-order valence-corrected chi connectivity index (χ3v) is 3.84. The average molecular weight is 281 g/mol. The van der Waals surface area contributed by atoms with Gasteiger partial charge in [0.25, 0.3) is 0 Å². The van der Waals surface area contributed by atoms with E-state index in [-0.39, 0.29) is 0 Å². The number of halogens is 1. The van der Waals surface area contributed by atoms with E-state index in [0.29, 0.717) is 5.92 Å². The van der Waals surface area contributed by atoms with Crippen LogP contribution in [0.2, 0.25) is 0 Å². The van der Waals surface area contributed by atoms with Crippen LogP contribution in [-0.4, -0.2) is 0 Å². The summed E-state index contributed by atoms with van der Waals surface area (Å²) in [6.07, 6.45) is 8.05. The highest BCUT2D eigenvalue weighted by Crippen LogP contribution is 2.27. The quantitative estimate of drug-likeness (QED) is 0.615. The minimum atomic E-state index is 0.652. The van der Waals surface area contributed by atoms with Crippen molar-refractivity contribution >= 4 is 15.9 Å². The van der Waals surface area contributed by atoms with Gasteiger partial charge in [-0.3, -0.25) is 0 Å². The van der Waals surface area contributed by atoms with Crippen molar-refractivity contribution in [1.29, 1.82) is 0 Å². The molecule has 0 nitrogen and oxygen atoms in total. The van der Waals surface area contributed by atoms with Crippen molar-refractivity contribution in [3.05, 3.63) is 46.0 Å². The molecule has 0 fully saturated rings. The molecule has 0 aliphatic rings. The van der Waals surface area contributed by atoms with Crippen LogP contribution in [0.4, 0.5) is 0 Å². The highest BCUT2D eigenvalue weighted by Gasteiger charge is 2.08. The Morgan fingerprint density at radius 3 is 2.56 bits per heavy atom. The average Bonchev–Trinajstić information content (AvgIpc) is 2.29. The molecule has 0 amide bonds. The highest BCUT2D eigenvalue weighted by molar-refractivity contribution is 9.10. The first-order valence-corrected chi connectivity index (χ1v) is 6.89. The fraction of sp³-hybridized carbons (Fsp3) is 0.467. The number of hydrogen-bond acceptors (Lipinski definition) is 0. The second-order valence-electron chi connectivity index (χ2n) is 4.23. The molecule has 88 valence electrons. The molecule has 0 saturated heterocycles. The van der Waals surface area contributed by atoms with Crippen LogP contribution in [0.25, 0.3) is 0 Å². The van der Waals surface area contributed by atoms with Gasteiger partial charge in [0.15, 0.2) is 0 Å². The van der Waals surface area contributed by atoms with Crippen molar-refractivity contribution in [2.45, 2.75) is 46.0 Å². The molecule has 0 aliphatic carbocycles. The zero-order chi connectivity index (χ0) is 12.0. The predicted molar refractivity (Wildman–Crippen MR) is 76.0 cm³/mol. The molecule has 1 atom stereocenters. The molecule has 16 heavy (non-hydrogen) atoms. The van der Waals surface area contributed by atoms with Crippen LogP contribution in [0.1, 0.15) is 50.2 Å². The van der Waals surface area contributed by atoms with Crippen molar-refractivity contribution < 1.29 is 0 Å². The second-order valence-corrected chi connectivity index (χ2v) is 5.08. The molecule has 1 heteroatoms. The molecule has 0 radical (unpaired) electrons. The Morgan fingerprint density at radius 1 is 1.25 bits per heavy atom. The van der Waals surface area contributed by atoms with Crippen LogP contribution >= 0.6 is 15.9 Å². The molecular weight excluding hydrogens is 260 g/mol. The van der Waals surface area contributed by atoms with E-state index in [1.165, 1.54) is 22.0 Å². The SMILES string of the molecule is CC/C=C\CC(CC)c1ccc(C)c(Br)c1. The number of hydrogen-bond donors (Lipinski definition) is 0. The first-order chi connectivity index (χ1) is 7.69. The molecule has 0 aliphatic heterocycles. The summed E-state index contributed by atoms with van der Waals surface area (Å²) >= 11 is 3.61. The zero-order valence-corrected chi connectivity index (χ0v) is 12.0. The van der Waals surface area contributed by atoms with Gasteiger partial charge in [-0.1, -0.05) is 54.1 Å². The van der Waals surface area contributed by atoms with E-state index in [1.54, 1.807) is 0 Å². The van der Waals surface area contributed by atoms with Crippen molar-refractivity contribution in [3.8, 4) is 0 Å². The summed E-state index contributed by atoms with van der Waals surface area (Å²) < 4.78 is 1.22. The van der Waals surface area contributed by atoms with Gasteiger partial charge in [0.05, 0.1) is 0 Å². The number of allylic oxidation sites excluding steroid dienone is 2. The zero-order valence-electron chi connectivity index (χ0n) is 10.5. The van der Waals surface area contributed by atoms with E-state index >= 15 is 0 Å². The van der Waals surface area contributed by atoms with E-state index in [4.69, 9.17) is 0 Å². The van der Waals surface area contributed by atoms with Gasteiger partial charge in [-0.15, -0.1) is 0 Å². The molecule has 1 rings (SSSR count). The molecule has 0 aromatic heterocycles. The maximum Gasteiger partial charge on any atom is 0.0207 e. The summed E-state index contributed by atoms with van der Waals surface area (Å²) in [7, 11) is 0. The Kier molecular flexibility index (Phi) is 5.83. The van der Waals surface area contributed by atoms with Crippen LogP contribution in [0, 0.1) is 6.92 Å². The van der Waals surface area contributed by atoms with E-state index < -0.39 is 0 Å². The maximum absolute atomic E-state index is 3.61. The molecule has 0 spiro atoms. The Balaban J connectivity index is 2.78. The summed E-state index contributed by atoms with van der Waals surface area (Å²) in [4.78, 5) is 0. The standard InChI is InChI=1S/C15H21Br/c1-4-6-7-8-13(5-2)14-10-9-12(3)15(16)11-14/h6-7,9-11,13H,4-5,8H2,1-3H3/b7-6-. The van der Waals surface area contributed by atoms with Gasteiger partial charge in [-0.25, -0.2) is 0 Å². The monoisotopic (exact) mass is 280 g/mol. The van der Waals surface area contributed by atoms with Crippen molar-refractivity contribution in [2.75, 3.05) is 0 Å². The summed E-state index contributed by atoms with van der Waals surface area (Å²) in [5.74, 6) is 0.652. The summed E-state index contributed by atoms with van der Waals surface area (Å²) in [5.41, 5.74) is 2.75. The van der Waals surface area contributed by atoms with Crippen molar-refractivity contribution in [1.82, 2.24) is 0 Å². The molecule has 1 unspecified atom stereocenters. The van der Waals surface area contributed by atoms with E-state index in [2.05, 4.69) is 67.1 Å². The topological polar surface area (TPSA) is 0 Å². The fourth-order valence-corrected chi connectivity index (χ4v) is 2.23. The first kappa shape index (κ1) is 13.5. The minimum absolute atomic E-state index is 0.652. The largest absolute Gasteiger partial charge is 0.0888 e. The Bertz CT molecular complexity index is 352. The van der Waals surface area contributed by atoms with Gasteiger partial charge in [-0.05, 0) is 49.3 Å². The lowest BCUT2D eigenvalue weighted by molar-refractivity contribution is 0.673. The Labute approximate surface area is 108 Å². The first-order valence-electron chi connectivity index (χ1n) is 6.10. The van der Waals surface area contributed by atoms with Crippen LogP contribution in [0.15, 0.2) is 34.8 Å². The molecular formula is C15H21Br. The Hall–Kier alpha value is -0.560. The van der Waals surface area contributed by atoms with Gasteiger partial charge in [0.2, 0.25) is 0 Å². The lowest BCUT2D eigenvalue weighted by atomic mass is 9.92. The summed E-state index contributed by atoms with van der Waals surface area (Å²) in [5, 5.41) is 0. The van der Waals surface area contributed by atoms with Gasteiger partial charge in [0, 0.05) is 4.47 Å². The number of benzene rings is 1. The van der Waals surface area contributed by atoms with E-state index in [0.717, 1.165) is 12.8 Å². The smallest absolute Gasteiger partial charge is 0.0207 e. The third-order valence-electron chi connectivity index (χ3n) is 2.98. The molecule has 0 bridgehead atoms. The molecule has 1 aromatic carbocycles. The lowest BCUT2D eigenvalue weighted by Crippen LogP contribution is -1.96. The van der Waals surface area contributed by atoms with E-state index in [1.807, 2.05) is 0 Å². The fourth-order valence-electron chi connectivity index (χ4n) is 1.83. The summed E-state index contributed by atoms with van der Waals surface area (Å²) in [6, 6.07) is 6.73.